The van der Waals surface area contributed by atoms with Gasteiger partial charge in [-0.15, -0.1) is 11.3 Å². The number of aromatic nitrogens is 1. The van der Waals surface area contributed by atoms with Gasteiger partial charge in [0.1, 0.15) is 0 Å². The third kappa shape index (κ3) is 1.44. The standard InChI is InChI=1S/C8H12N2S/c1-9-8(6-2-3-6)7-4-11-5-10-7/h4-6,8-9H,2-3H2,1H3. The largest absolute Gasteiger partial charge is 0.311 e. The summed E-state index contributed by atoms with van der Waals surface area (Å²) in [7, 11) is 2.02. The molecule has 1 aromatic rings. The van der Waals surface area contributed by atoms with Crippen molar-refractivity contribution in [3.05, 3.63) is 16.6 Å². The smallest absolute Gasteiger partial charge is 0.0795 e. The van der Waals surface area contributed by atoms with E-state index in [1.165, 1.54) is 18.5 Å². The average Bonchev–Trinajstić information content (AvgIpc) is 2.68. The van der Waals surface area contributed by atoms with Crippen molar-refractivity contribution in [2.45, 2.75) is 18.9 Å². The van der Waals surface area contributed by atoms with Gasteiger partial charge in [-0.3, -0.25) is 0 Å². The van der Waals surface area contributed by atoms with E-state index in [1.807, 2.05) is 12.6 Å². The van der Waals surface area contributed by atoms with Crippen molar-refractivity contribution in [3.63, 3.8) is 0 Å². The molecule has 1 saturated carbocycles. The van der Waals surface area contributed by atoms with E-state index in [-0.39, 0.29) is 0 Å². The molecule has 1 fully saturated rings. The van der Waals surface area contributed by atoms with Gasteiger partial charge in [-0.1, -0.05) is 0 Å². The molecule has 1 aliphatic carbocycles. The molecule has 0 aromatic carbocycles. The molecule has 11 heavy (non-hydrogen) atoms. The molecule has 0 amide bonds. The van der Waals surface area contributed by atoms with Gasteiger partial charge < -0.3 is 5.32 Å². The van der Waals surface area contributed by atoms with Crippen LogP contribution in [0.4, 0.5) is 0 Å². The minimum atomic E-state index is 0.515. The zero-order chi connectivity index (χ0) is 7.68. The van der Waals surface area contributed by atoms with Crippen molar-refractivity contribution in [1.82, 2.24) is 10.3 Å². The Morgan fingerprint density at radius 3 is 3.00 bits per heavy atom. The van der Waals surface area contributed by atoms with Crippen molar-refractivity contribution < 1.29 is 0 Å². The number of thiazole rings is 1. The molecule has 1 aromatic heterocycles. The summed E-state index contributed by atoms with van der Waals surface area (Å²) >= 11 is 1.68. The Kier molecular flexibility index (Phi) is 1.92. The highest BCUT2D eigenvalue weighted by Crippen LogP contribution is 2.40. The van der Waals surface area contributed by atoms with Gasteiger partial charge in [0.15, 0.2) is 0 Å². The molecule has 3 heteroatoms. The Bertz CT molecular complexity index is 216. The number of nitrogens with zero attached hydrogens (tertiary/aromatic N) is 1. The molecule has 0 bridgehead atoms. The van der Waals surface area contributed by atoms with E-state index < -0.39 is 0 Å². The highest BCUT2D eigenvalue weighted by molar-refractivity contribution is 7.07. The van der Waals surface area contributed by atoms with Crippen LogP contribution < -0.4 is 5.32 Å². The molecule has 1 unspecified atom stereocenters. The predicted octanol–water partition coefficient (Wildman–Crippen LogP) is 1.81. The first-order valence-electron chi connectivity index (χ1n) is 3.97. The highest BCUT2D eigenvalue weighted by atomic mass is 32.1. The van der Waals surface area contributed by atoms with Crippen LogP contribution in [0, 0.1) is 5.92 Å². The van der Waals surface area contributed by atoms with Crippen molar-refractivity contribution in [1.29, 1.82) is 0 Å². The summed E-state index contributed by atoms with van der Waals surface area (Å²) in [5.74, 6) is 0.849. The molecule has 1 aliphatic rings. The average molecular weight is 168 g/mol. The zero-order valence-electron chi connectivity index (χ0n) is 6.58. The Labute approximate surface area is 70.7 Å². The van der Waals surface area contributed by atoms with E-state index in [1.54, 1.807) is 11.3 Å². The third-order valence-electron chi connectivity index (χ3n) is 2.17. The van der Waals surface area contributed by atoms with Gasteiger partial charge >= 0.3 is 0 Å². The van der Waals surface area contributed by atoms with E-state index in [4.69, 9.17) is 0 Å². The van der Waals surface area contributed by atoms with Crippen LogP contribution in [0.3, 0.4) is 0 Å². The van der Waals surface area contributed by atoms with Gasteiger partial charge in [-0.05, 0) is 25.8 Å². The summed E-state index contributed by atoms with van der Waals surface area (Å²) in [5, 5.41) is 5.45. The van der Waals surface area contributed by atoms with E-state index >= 15 is 0 Å². The summed E-state index contributed by atoms with van der Waals surface area (Å²) in [6.45, 7) is 0. The molecule has 0 saturated heterocycles. The maximum atomic E-state index is 4.30. The predicted molar refractivity (Wildman–Crippen MR) is 46.6 cm³/mol. The fourth-order valence-electron chi connectivity index (χ4n) is 1.43. The summed E-state index contributed by atoms with van der Waals surface area (Å²) in [6.07, 6.45) is 2.73. The van der Waals surface area contributed by atoms with Crippen molar-refractivity contribution in [2.24, 2.45) is 5.92 Å². The first kappa shape index (κ1) is 7.25. The summed E-state index contributed by atoms with van der Waals surface area (Å²) in [4.78, 5) is 4.30. The quantitative estimate of drug-likeness (QED) is 0.744. The topological polar surface area (TPSA) is 24.9 Å². The fraction of sp³-hybridized carbons (Fsp3) is 0.625. The Morgan fingerprint density at radius 2 is 2.55 bits per heavy atom. The second-order valence-electron chi connectivity index (χ2n) is 3.02. The van der Waals surface area contributed by atoms with Gasteiger partial charge in [-0.2, -0.15) is 0 Å². The minimum Gasteiger partial charge on any atom is -0.311 e. The molecular weight excluding hydrogens is 156 g/mol. The van der Waals surface area contributed by atoms with E-state index in [0.29, 0.717) is 6.04 Å². The molecule has 0 radical (unpaired) electrons. The van der Waals surface area contributed by atoms with Crippen LogP contribution in [-0.4, -0.2) is 12.0 Å². The normalized spacial score (nSPS) is 20.1. The van der Waals surface area contributed by atoms with Crippen LogP contribution in [0.15, 0.2) is 10.9 Å². The van der Waals surface area contributed by atoms with Crippen LogP contribution in [-0.2, 0) is 0 Å². The Hall–Kier alpha value is -0.410. The molecule has 1 N–H and O–H groups in total. The molecule has 2 nitrogen and oxygen atoms in total. The van der Waals surface area contributed by atoms with Crippen molar-refractivity contribution >= 4 is 11.3 Å². The summed E-state index contributed by atoms with van der Waals surface area (Å²) < 4.78 is 0. The lowest BCUT2D eigenvalue weighted by Gasteiger charge is -2.11. The third-order valence-corrected chi connectivity index (χ3v) is 2.78. The SMILES string of the molecule is CNC(c1cscn1)C1CC1. The number of hydrogen-bond acceptors (Lipinski definition) is 3. The van der Waals surface area contributed by atoms with Crippen LogP contribution >= 0.6 is 11.3 Å². The molecule has 1 heterocycles. The number of rotatable bonds is 3. The first-order valence-corrected chi connectivity index (χ1v) is 4.91. The lowest BCUT2D eigenvalue weighted by molar-refractivity contribution is 0.518. The molecule has 0 spiro atoms. The maximum Gasteiger partial charge on any atom is 0.0795 e. The second-order valence-corrected chi connectivity index (χ2v) is 3.74. The second kappa shape index (κ2) is 2.91. The van der Waals surface area contributed by atoms with E-state index in [0.717, 1.165) is 5.92 Å². The summed E-state index contributed by atoms with van der Waals surface area (Å²) in [6, 6.07) is 0.515. The molecule has 60 valence electrons. The Balaban J connectivity index is 2.11. The van der Waals surface area contributed by atoms with Gasteiger partial charge in [0.25, 0.3) is 0 Å². The lowest BCUT2D eigenvalue weighted by Crippen LogP contribution is -2.18. The highest BCUT2D eigenvalue weighted by Gasteiger charge is 2.31. The molecular formula is C8H12N2S. The maximum absolute atomic E-state index is 4.30. The first-order chi connectivity index (χ1) is 5.42. The Morgan fingerprint density at radius 1 is 1.73 bits per heavy atom. The van der Waals surface area contributed by atoms with E-state index in [2.05, 4.69) is 15.7 Å². The van der Waals surface area contributed by atoms with Crippen molar-refractivity contribution in [3.8, 4) is 0 Å². The van der Waals surface area contributed by atoms with Crippen LogP contribution in [0.1, 0.15) is 24.6 Å². The van der Waals surface area contributed by atoms with Gasteiger partial charge in [-0.25, -0.2) is 4.98 Å². The van der Waals surface area contributed by atoms with Gasteiger partial charge in [0.05, 0.1) is 17.2 Å². The van der Waals surface area contributed by atoms with Gasteiger partial charge in [0.2, 0.25) is 0 Å². The van der Waals surface area contributed by atoms with Crippen LogP contribution in [0.2, 0.25) is 0 Å². The molecule has 0 aliphatic heterocycles. The monoisotopic (exact) mass is 168 g/mol. The number of nitrogens with one attached hydrogen (secondary N) is 1. The minimum absolute atomic E-state index is 0.515. The van der Waals surface area contributed by atoms with Crippen LogP contribution in [0.5, 0.6) is 0 Å². The fourth-order valence-corrected chi connectivity index (χ4v) is 2.02. The van der Waals surface area contributed by atoms with Crippen LogP contribution in [0.25, 0.3) is 0 Å². The molecule has 1 atom stereocenters. The van der Waals surface area contributed by atoms with Crippen molar-refractivity contribution in [2.75, 3.05) is 7.05 Å². The summed E-state index contributed by atoms with van der Waals surface area (Å²) in [5.41, 5.74) is 3.13. The number of hydrogen-bond donors (Lipinski definition) is 1. The lowest BCUT2D eigenvalue weighted by atomic mass is 10.1. The van der Waals surface area contributed by atoms with E-state index in [9.17, 15) is 0 Å². The van der Waals surface area contributed by atoms with Gasteiger partial charge in [0, 0.05) is 5.38 Å². The molecule has 2 rings (SSSR count). The zero-order valence-corrected chi connectivity index (χ0v) is 7.40.